The first-order valence-electron chi connectivity index (χ1n) is 7.71. The highest BCUT2D eigenvalue weighted by Crippen LogP contribution is 2.33. The molecule has 2 aromatic heterocycles. The van der Waals surface area contributed by atoms with Gasteiger partial charge < -0.3 is 9.97 Å². The third-order valence-corrected chi connectivity index (χ3v) is 5.07. The molecule has 24 heavy (non-hydrogen) atoms. The molecule has 0 amide bonds. The summed E-state index contributed by atoms with van der Waals surface area (Å²) in [4.78, 5) is 11.4. The van der Waals surface area contributed by atoms with E-state index in [0.717, 1.165) is 33.3 Å². The van der Waals surface area contributed by atoms with E-state index in [0.29, 0.717) is 5.56 Å². The van der Waals surface area contributed by atoms with Crippen LogP contribution < -0.4 is 0 Å². The Balaban J connectivity index is 1.85. The Bertz CT molecular complexity index is 1130. The zero-order valence-corrected chi connectivity index (χ0v) is 15.0. The van der Waals surface area contributed by atoms with Gasteiger partial charge in [0.1, 0.15) is 5.82 Å². The van der Waals surface area contributed by atoms with E-state index in [9.17, 15) is 0 Å². The third-order valence-electron chi connectivity index (χ3n) is 4.44. The number of nitrogens with zero attached hydrogens (tertiary/aromatic N) is 2. The van der Waals surface area contributed by atoms with Crippen LogP contribution in [0.5, 0.6) is 0 Å². The summed E-state index contributed by atoms with van der Waals surface area (Å²) >= 11 is 3.66. The number of fused-ring (bicyclic) bond motifs is 2. The van der Waals surface area contributed by atoms with Crippen molar-refractivity contribution < 1.29 is 0 Å². The minimum absolute atomic E-state index is 0.639. The molecule has 4 aromatic rings. The zero-order chi connectivity index (χ0) is 16.8. The summed E-state index contributed by atoms with van der Waals surface area (Å²) < 4.78 is 1.07. The van der Waals surface area contributed by atoms with Crippen LogP contribution in [0, 0.1) is 25.2 Å². The summed E-state index contributed by atoms with van der Waals surface area (Å²) in [5.74, 6) is 0.904. The van der Waals surface area contributed by atoms with Gasteiger partial charge in [-0.25, -0.2) is 4.98 Å². The van der Waals surface area contributed by atoms with Crippen LogP contribution in [0.15, 0.2) is 34.9 Å². The number of H-pyrrole nitrogens is 2. The number of halogens is 1. The zero-order valence-electron chi connectivity index (χ0n) is 13.4. The number of hydrogen-bond acceptors (Lipinski definition) is 2. The molecule has 0 atom stereocenters. The molecule has 2 aromatic carbocycles. The molecule has 0 saturated carbocycles. The summed E-state index contributed by atoms with van der Waals surface area (Å²) in [6.45, 7) is 4.25. The van der Waals surface area contributed by atoms with Crippen molar-refractivity contribution in [3.05, 3.63) is 63.0 Å². The van der Waals surface area contributed by atoms with Crippen LogP contribution in [0.1, 0.15) is 28.1 Å². The molecule has 5 heteroatoms. The van der Waals surface area contributed by atoms with Crippen LogP contribution in [-0.4, -0.2) is 15.0 Å². The molecule has 0 spiro atoms. The molecule has 0 unspecified atom stereocenters. The molecule has 0 saturated heterocycles. The van der Waals surface area contributed by atoms with Crippen molar-refractivity contribution in [1.29, 1.82) is 5.26 Å². The molecule has 0 aliphatic heterocycles. The standard InChI is InChI=1S/C19H15BrN4/c1-10-5-11(2)19-18(14(20)9-22-19)13(10)7-17-23-15-4-3-12(8-21)6-16(15)24-17/h3-6,9,22H,7H2,1-2H3,(H,23,24). The Hall–Kier alpha value is -2.58. The summed E-state index contributed by atoms with van der Waals surface area (Å²) in [6, 6.07) is 9.90. The minimum Gasteiger partial charge on any atom is -0.360 e. The van der Waals surface area contributed by atoms with Gasteiger partial charge in [-0.2, -0.15) is 5.26 Å². The fourth-order valence-electron chi connectivity index (χ4n) is 3.30. The summed E-state index contributed by atoms with van der Waals surface area (Å²) in [5.41, 5.74) is 7.32. The van der Waals surface area contributed by atoms with Crippen LogP contribution in [0.4, 0.5) is 0 Å². The van der Waals surface area contributed by atoms with Crippen molar-refractivity contribution in [2.75, 3.05) is 0 Å². The fraction of sp³-hybridized carbons (Fsp3) is 0.158. The Morgan fingerprint density at radius 2 is 2.04 bits per heavy atom. The second-order valence-corrected chi connectivity index (χ2v) is 6.93. The molecule has 0 bridgehead atoms. The number of hydrogen-bond donors (Lipinski definition) is 2. The SMILES string of the molecule is Cc1cc(C)c2[nH]cc(Br)c2c1Cc1nc2ccc(C#N)cc2[nH]1. The van der Waals surface area contributed by atoms with E-state index in [1.807, 2.05) is 18.3 Å². The van der Waals surface area contributed by atoms with Crippen LogP contribution in [0.25, 0.3) is 21.9 Å². The first kappa shape index (κ1) is 15.0. The van der Waals surface area contributed by atoms with Crippen molar-refractivity contribution in [2.45, 2.75) is 20.3 Å². The molecular formula is C19H15BrN4. The molecule has 4 nitrogen and oxygen atoms in total. The third kappa shape index (κ3) is 2.31. The van der Waals surface area contributed by atoms with Gasteiger partial charge in [0, 0.05) is 28.0 Å². The summed E-state index contributed by atoms with van der Waals surface area (Å²) in [6.07, 6.45) is 2.70. The van der Waals surface area contributed by atoms with E-state index in [1.165, 1.54) is 22.1 Å². The first-order valence-corrected chi connectivity index (χ1v) is 8.50. The molecule has 0 aliphatic carbocycles. The second-order valence-electron chi connectivity index (χ2n) is 6.08. The van der Waals surface area contributed by atoms with Crippen LogP contribution in [0.3, 0.4) is 0 Å². The molecule has 0 fully saturated rings. The number of aromatic amines is 2. The van der Waals surface area contributed by atoms with Gasteiger partial charge in [0.2, 0.25) is 0 Å². The lowest BCUT2D eigenvalue weighted by Crippen LogP contribution is -1.96. The van der Waals surface area contributed by atoms with E-state index >= 15 is 0 Å². The monoisotopic (exact) mass is 378 g/mol. The number of benzene rings is 2. The molecule has 2 heterocycles. The maximum atomic E-state index is 9.03. The van der Waals surface area contributed by atoms with Gasteiger partial charge in [-0.15, -0.1) is 0 Å². The maximum absolute atomic E-state index is 9.03. The van der Waals surface area contributed by atoms with Gasteiger partial charge in [-0.1, -0.05) is 6.07 Å². The van der Waals surface area contributed by atoms with Crippen molar-refractivity contribution in [1.82, 2.24) is 15.0 Å². The van der Waals surface area contributed by atoms with Gasteiger partial charge >= 0.3 is 0 Å². The highest BCUT2D eigenvalue weighted by Gasteiger charge is 2.14. The lowest BCUT2D eigenvalue weighted by molar-refractivity contribution is 1.03. The predicted octanol–water partition coefficient (Wildman–Crippen LogP) is 4.89. The smallest absolute Gasteiger partial charge is 0.111 e. The molecule has 4 rings (SSSR count). The van der Waals surface area contributed by atoms with E-state index in [1.54, 1.807) is 6.07 Å². The van der Waals surface area contributed by atoms with Crippen molar-refractivity contribution >= 4 is 37.9 Å². The largest absolute Gasteiger partial charge is 0.360 e. The fourth-order valence-corrected chi connectivity index (χ4v) is 3.85. The Morgan fingerprint density at radius 1 is 1.21 bits per heavy atom. The number of rotatable bonds is 2. The average Bonchev–Trinajstić information content (AvgIpc) is 3.14. The number of aromatic nitrogens is 3. The molecular weight excluding hydrogens is 364 g/mol. The number of imidazole rings is 1. The minimum atomic E-state index is 0.639. The van der Waals surface area contributed by atoms with E-state index in [4.69, 9.17) is 5.26 Å². The summed E-state index contributed by atoms with van der Waals surface area (Å²) in [7, 11) is 0. The normalized spacial score (nSPS) is 11.2. The molecule has 2 N–H and O–H groups in total. The number of nitrogens with one attached hydrogen (secondary N) is 2. The lowest BCUT2D eigenvalue weighted by Gasteiger charge is -2.09. The average molecular weight is 379 g/mol. The van der Waals surface area contributed by atoms with E-state index in [-0.39, 0.29) is 0 Å². The Kier molecular flexibility index (Phi) is 3.43. The van der Waals surface area contributed by atoms with Gasteiger partial charge in [0.05, 0.1) is 22.7 Å². The highest BCUT2D eigenvalue weighted by atomic mass is 79.9. The van der Waals surface area contributed by atoms with Gasteiger partial charge in [-0.3, -0.25) is 0 Å². The van der Waals surface area contributed by atoms with Crippen molar-refractivity contribution in [3.8, 4) is 6.07 Å². The first-order chi connectivity index (χ1) is 11.6. The van der Waals surface area contributed by atoms with Gasteiger partial charge in [-0.05, 0) is 64.7 Å². The lowest BCUT2D eigenvalue weighted by atomic mass is 9.98. The highest BCUT2D eigenvalue weighted by molar-refractivity contribution is 9.10. The molecule has 0 radical (unpaired) electrons. The number of nitriles is 1. The van der Waals surface area contributed by atoms with E-state index in [2.05, 4.69) is 56.9 Å². The van der Waals surface area contributed by atoms with E-state index < -0.39 is 0 Å². The number of aryl methyl sites for hydroxylation is 2. The second kappa shape index (κ2) is 5.50. The van der Waals surface area contributed by atoms with Crippen molar-refractivity contribution in [3.63, 3.8) is 0 Å². The van der Waals surface area contributed by atoms with Crippen molar-refractivity contribution in [2.24, 2.45) is 0 Å². The van der Waals surface area contributed by atoms with Gasteiger partial charge in [0.25, 0.3) is 0 Å². The predicted molar refractivity (Wildman–Crippen MR) is 99.1 cm³/mol. The Morgan fingerprint density at radius 3 is 2.83 bits per heavy atom. The maximum Gasteiger partial charge on any atom is 0.111 e. The Labute approximate surface area is 147 Å². The van der Waals surface area contributed by atoms with Crippen LogP contribution in [-0.2, 0) is 6.42 Å². The molecule has 118 valence electrons. The van der Waals surface area contributed by atoms with Gasteiger partial charge in [0.15, 0.2) is 0 Å². The van der Waals surface area contributed by atoms with Crippen LogP contribution >= 0.6 is 15.9 Å². The van der Waals surface area contributed by atoms with Crippen LogP contribution in [0.2, 0.25) is 0 Å². The molecule has 0 aliphatic rings. The topological polar surface area (TPSA) is 68.3 Å². The quantitative estimate of drug-likeness (QED) is 0.521. The summed E-state index contributed by atoms with van der Waals surface area (Å²) in [5, 5.41) is 10.2.